The number of piperidine rings is 1. The molecule has 0 bridgehead atoms. The molecule has 0 aromatic carbocycles. The van der Waals surface area contributed by atoms with Gasteiger partial charge in [0.2, 0.25) is 0 Å². The van der Waals surface area contributed by atoms with E-state index in [-0.39, 0.29) is 6.04 Å². The van der Waals surface area contributed by atoms with Crippen molar-refractivity contribution in [1.29, 1.82) is 0 Å². The first-order chi connectivity index (χ1) is 11.0. The molecule has 1 aromatic heterocycles. The fourth-order valence-electron chi connectivity index (χ4n) is 3.06. The standard InChI is InChI=1S/C15H24N4O3S/c1-13-4-2-6-15(16-13)18-7-3-5-14(12-18)17-23(20,21)19-8-10-22-11-9-19/h2,4,6,14,17H,3,5,7-12H2,1H3/t14-/m0/s1. The Morgan fingerprint density at radius 1 is 1.26 bits per heavy atom. The number of nitrogens with one attached hydrogen (secondary N) is 1. The Morgan fingerprint density at radius 3 is 2.78 bits per heavy atom. The molecule has 2 saturated heterocycles. The molecule has 1 N–H and O–H groups in total. The molecule has 0 aliphatic carbocycles. The molecule has 3 heterocycles. The van der Waals surface area contributed by atoms with E-state index >= 15 is 0 Å². The molecule has 7 nitrogen and oxygen atoms in total. The average molecular weight is 340 g/mol. The maximum absolute atomic E-state index is 12.5. The van der Waals surface area contributed by atoms with Gasteiger partial charge in [0.05, 0.1) is 13.2 Å². The van der Waals surface area contributed by atoms with Gasteiger partial charge < -0.3 is 9.64 Å². The third-order valence-electron chi connectivity index (χ3n) is 4.24. The molecule has 0 spiro atoms. The Balaban J connectivity index is 1.64. The van der Waals surface area contributed by atoms with Gasteiger partial charge in [-0.1, -0.05) is 6.07 Å². The van der Waals surface area contributed by atoms with Crippen molar-refractivity contribution in [3.63, 3.8) is 0 Å². The maximum atomic E-state index is 12.5. The van der Waals surface area contributed by atoms with Gasteiger partial charge in [0.25, 0.3) is 10.2 Å². The average Bonchev–Trinajstić information content (AvgIpc) is 2.55. The summed E-state index contributed by atoms with van der Waals surface area (Å²) in [5, 5.41) is 0. The molecule has 2 aliphatic rings. The first kappa shape index (κ1) is 16.6. The molecule has 0 amide bonds. The molecule has 2 fully saturated rings. The monoisotopic (exact) mass is 340 g/mol. The van der Waals surface area contributed by atoms with Crippen LogP contribution in [0.2, 0.25) is 0 Å². The Labute approximate surface area is 137 Å². The molecular formula is C15H24N4O3S. The predicted molar refractivity (Wildman–Crippen MR) is 88.7 cm³/mol. The summed E-state index contributed by atoms with van der Waals surface area (Å²) in [6, 6.07) is 5.84. The molecule has 3 rings (SSSR count). The molecule has 0 saturated carbocycles. The zero-order valence-electron chi connectivity index (χ0n) is 13.4. The number of anilines is 1. The predicted octanol–water partition coefficient (Wildman–Crippen LogP) is 0.525. The van der Waals surface area contributed by atoms with Crippen LogP contribution in [0.25, 0.3) is 0 Å². The zero-order chi connectivity index (χ0) is 16.3. The Morgan fingerprint density at radius 2 is 2.04 bits per heavy atom. The lowest BCUT2D eigenvalue weighted by molar-refractivity contribution is 0.0722. The number of rotatable bonds is 4. The molecule has 2 aliphatic heterocycles. The van der Waals surface area contributed by atoms with E-state index in [0.29, 0.717) is 32.8 Å². The van der Waals surface area contributed by atoms with E-state index in [1.165, 1.54) is 4.31 Å². The van der Waals surface area contributed by atoms with Gasteiger partial charge in [0.15, 0.2) is 0 Å². The van der Waals surface area contributed by atoms with Crippen LogP contribution in [0, 0.1) is 6.92 Å². The minimum atomic E-state index is -3.44. The molecule has 1 atom stereocenters. The van der Waals surface area contributed by atoms with Gasteiger partial charge in [0.1, 0.15) is 5.82 Å². The van der Waals surface area contributed by atoms with Gasteiger partial charge in [-0.3, -0.25) is 0 Å². The lowest BCUT2D eigenvalue weighted by atomic mass is 10.1. The van der Waals surface area contributed by atoms with E-state index in [0.717, 1.165) is 30.9 Å². The second kappa shape index (κ2) is 7.12. The van der Waals surface area contributed by atoms with Crippen molar-refractivity contribution in [2.45, 2.75) is 25.8 Å². The van der Waals surface area contributed by atoms with Crippen molar-refractivity contribution in [2.24, 2.45) is 0 Å². The molecule has 23 heavy (non-hydrogen) atoms. The molecular weight excluding hydrogens is 316 g/mol. The van der Waals surface area contributed by atoms with E-state index in [9.17, 15) is 8.42 Å². The van der Waals surface area contributed by atoms with Crippen LogP contribution in [0.5, 0.6) is 0 Å². The van der Waals surface area contributed by atoms with Crippen molar-refractivity contribution >= 4 is 16.0 Å². The van der Waals surface area contributed by atoms with Crippen molar-refractivity contribution in [1.82, 2.24) is 14.0 Å². The van der Waals surface area contributed by atoms with Crippen molar-refractivity contribution in [3.8, 4) is 0 Å². The summed E-state index contributed by atoms with van der Waals surface area (Å²) in [5.74, 6) is 0.917. The van der Waals surface area contributed by atoms with Crippen LogP contribution in [0.1, 0.15) is 18.5 Å². The first-order valence-corrected chi connectivity index (χ1v) is 9.52. The van der Waals surface area contributed by atoms with Crippen LogP contribution >= 0.6 is 0 Å². The summed E-state index contributed by atoms with van der Waals surface area (Å²) in [7, 11) is -3.44. The summed E-state index contributed by atoms with van der Waals surface area (Å²) in [4.78, 5) is 6.70. The van der Waals surface area contributed by atoms with Crippen molar-refractivity contribution in [3.05, 3.63) is 23.9 Å². The van der Waals surface area contributed by atoms with Gasteiger partial charge in [-0.15, -0.1) is 0 Å². The van der Waals surface area contributed by atoms with Crippen LogP contribution in [0.3, 0.4) is 0 Å². The van der Waals surface area contributed by atoms with Crippen LogP contribution in [0.15, 0.2) is 18.2 Å². The highest BCUT2D eigenvalue weighted by Crippen LogP contribution is 2.19. The maximum Gasteiger partial charge on any atom is 0.279 e. The van der Waals surface area contributed by atoms with Gasteiger partial charge in [-0.05, 0) is 31.9 Å². The van der Waals surface area contributed by atoms with E-state index in [1.807, 2.05) is 25.1 Å². The number of aromatic nitrogens is 1. The van der Waals surface area contributed by atoms with E-state index in [4.69, 9.17) is 4.74 Å². The fraction of sp³-hybridized carbons (Fsp3) is 0.667. The second-order valence-electron chi connectivity index (χ2n) is 6.06. The molecule has 0 radical (unpaired) electrons. The van der Waals surface area contributed by atoms with Gasteiger partial charge in [0, 0.05) is 37.9 Å². The number of nitrogens with zero attached hydrogens (tertiary/aromatic N) is 3. The normalized spacial score (nSPS) is 23.9. The molecule has 8 heteroatoms. The van der Waals surface area contributed by atoms with Crippen LogP contribution in [0.4, 0.5) is 5.82 Å². The van der Waals surface area contributed by atoms with Crippen LogP contribution in [-0.4, -0.2) is 63.1 Å². The highest BCUT2D eigenvalue weighted by atomic mass is 32.2. The van der Waals surface area contributed by atoms with Crippen molar-refractivity contribution < 1.29 is 13.2 Å². The summed E-state index contributed by atoms with van der Waals surface area (Å²) >= 11 is 0. The van der Waals surface area contributed by atoms with Crippen LogP contribution < -0.4 is 9.62 Å². The number of pyridine rings is 1. The van der Waals surface area contributed by atoms with Crippen LogP contribution in [-0.2, 0) is 14.9 Å². The zero-order valence-corrected chi connectivity index (χ0v) is 14.3. The quantitative estimate of drug-likeness (QED) is 0.865. The Kier molecular flexibility index (Phi) is 5.15. The third-order valence-corrected chi connectivity index (χ3v) is 5.92. The number of ether oxygens (including phenoxy) is 1. The minimum absolute atomic E-state index is 0.0843. The SMILES string of the molecule is Cc1cccc(N2CCC[C@H](NS(=O)(=O)N3CCOCC3)C2)n1. The number of hydrogen-bond donors (Lipinski definition) is 1. The molecule has 1 aromatic rings. The number of aryl methyl sites for hydroxylation is 1. The Bertz CT molecular complexity index is 631. The largest absolute Gasteiger partial charge is 0.379 e. The smallest absolute Gasteiger partial charge is 0.279 e. The topological polar surface area (TPSA) is 74.8 Å². The third kappa shape index (κ3) is 4.20. The van der Waals surface area contributed by atoms with Gasteiger partial charge in [-0.2, -0.15) is 17.4 Å². The van der Waals surface area contributed by atoms with E-state index < -0.39 is 10.2 Å². The molecule has 0 unspecified atom stereocenters. The van der Waals surface area contributed by atoms with E-state index in [2.05, 4.69) is 14.6 Å². The lowest BCUT2D eigenvalue weighted by Crippen LogP contribution is -2.54. The fourth-order valence-corrected chi connectivity index (χ4v) is 4.45. The number of morpholine rings is 1. The summed E-state index contributed by atoms with van der Waals surface area (Å²) < 4.78 is 34.5. The molecule has 128 valence electrons. The number of hydrogen-bond acceptors (Lipinski definition) is 5. The summed E-state index contributed by atoms with van der Waals surface area (Å²) in [6.07, 6.45) is 1.80. The summed E-state index contributed by atoms with van der Waals surface area (Å²) in [5.41, 5.74) is 0.971. The Hall–Kier alpha value is -1.22. The van der Waals surface area contributed by atoms with E-state index in [1.54, 1.807) is 0 Å². The van der Waals surface area contributed by atoms with Gasteiger partial charge >= 0.3 is 0 Å². The van der Waals surface area contributed by atoms with Gasteiger partial charge in [-0.25, -0.2) is 4.98 Å². The lowest BCUT2D eigenvalue weighted by Gasteiger charge is -2.35. The minimum Gasteiger partial charge on any atom is -0.379 e. The summed E-state index contributed by atoms with van der Waals surface area (Å²) in [6.45, 7) is 5.30. The second-order valence-corrected chi connectivity index (χ2v) is 7.76. The first-order valence-electron chi connectivity index (χ1n) is 8.08. The highest BCUT2D eigenvalue weighted by molar-refractivity contribution is 7.87. The van der Waals surface area contributed by atoms with Crippen molar-refractivity contribution in [2.75, 3.05) is 44.3 Å². The highest BCUT2D eigenvalue weighted by Gasteiger charge is 2.29.